The molecule has 41 heavy (non-hydrogen) atoms. The molecule has 1 unspecified atom stereocenters. The zero-order valence-electron chi connectivity index (χ0n) is 23.5. The summed E-state index contributed by atoms with van der Waals surface area (Å²) in [7, 11) is 0. The lowest BCUT2D eigenvalue weighted by Crippen LogP contribution is -2.76. The zero-order valence-corrected chi connectivity index (χ0v) is 23.5. The maximum atomic E-state index is 12.4. The van der Waals surface area contributed by atoms with Crippen molar-refractivity contribution >= 4 is 5.97 Å². The highest BCUT2D eigenvalue weighted by atomic mass is 16.7. The number of cyclic esters (lactones) is 1. The van der Waals surface area contributed by atoms with Crippen molar-refractivity contribution in [2.45, 2.75) is 119 Å². The Morgan fingerprint density at radius 3 is 2.41 bits per heavy atom. The largest absolute Gasteiger partial charge is 0.458 e. The zero-order chi connectivity index (χ0) is 29.7. The van der Waals surface area contributed by atoms with Crippen molar-refractivity contribution in [3.63, 3.8) is 0 Å². The molecule has 15 atom stereocenters. The van der Waals surface area contributed by atoms with Crippen LogP contribution in [0.3, 0.4) is 0 Å². The molecule has 12 nitrogen and oxygen atoms in total. The van der Waals surface area contributed by atoms with Gasteiger partial charge in [0, 0.05) is 30.3 Å². The Hall–Kier alpha value is -1.19. The molecule has 0 aromatic heterocycles. The number of aliphatic hydroxyl groups is 8. The molecule has 5 fully saturated rings. The van der Waals surface area contributed by atoms with Gasteiger partial charge in [-0.05, 0) is 56.4 Å². The molecule has 6 aliphatic rings. The number of aliphatic hydroxyl groups excluding tert-OH is 6. The summed E-state index contributed by atoms with van der Waals surface area (Å²) < 4.78 is 16.7. The van der Waals surface area contributed by atoms with Crippen LogP contribution in [0.4, 0.5) is 0 Å². The van der Waals surface area contributed by atoms with Crippen molar-refractivity contribution in [2.24, 2.45) is 28.6 Å². The van der Waals surface area contributed by atoms with Crippen molar-refractivity contribution in [3.05, 3.63) is 11.6 Å². The predicted octanol–water partition coefficient (Wildman–Crippen LogP) is -1.51. The number of esters is 1. The number of carbonyl (C=O) groups is 1. The number of hydrogen-bond donors (Lipinski definition) is 8. The summed E-state index contributed by atoms with van der Waals surface area (Å²) in [6, 6.07) is 0. The van der Waals surface area contributed by atoms with Gasteiger partial charge in [-0.15, -0.1) is 0 Å². The number of fused-ring (bicyclic) bond motifs is 5. The van der Waals surface area contributed by atoms with Crippen molar-refractivity contribution in [1.29, 1.82) is 0 Å². The van der Waals surface area contributed by atoms with Gasteiger partial charge in [-0.3, -0.25) is 0 Å². The normalized spacial score (nSPS) is 56.9. The lowest BCUT2D eigenvalue weighted by molar-refractivity contribution is -0.342. The molecule has 0 amide bonds. The highest BCUT2D eigenvalue weighted by molar-refractivity contribution is 5.85. The van der Waals surface area contributed by atoms with Gasteiger partial charge in [0.25, 0.3) is 0 Å². The summed E-state index contributed by atoms with van der Waals surface area (Å²) in [5.41, 5.74) is -4.46. The van der Waals surface area contributed by atoms with Crippen molar-refractivity contribution < 1.29 is 59.9 Å². The average molecular weight is 585 g/mol. The Kier molecular flexibility index (Phi) is 7.22. The van der Waals surface area contributed by atoms with Crippen LogP contribution < -0.4 is 0 Å². The topological polar surface area (TPSA) is 207 Å². The first-order valence-electron chi connectivity index (χ1n) is 14.9. The third-order valence-corrected chi connectivity index (χ3v) is 12.2. The Morgan fingerprint density at radius 1 is 1.02 bits per heavy atom. The lowest BCUT2D eigenvalue weighted by atomic mass is 9.40. The fourth-order valence-electron chi connectivity index (χ4n) is 10.1. The minimum absolute atomic E-state index is 0.0369. The molecule has 6 rings (SSSR count). The number of rotatable bonds is 4. The Bertz CT molecular complexity index is 1080. The highest BCUT2D eigenvalue weighted by Crippen LogP contribution is 2.70. The molecule has 12 heteroatoms. The Balaban J connectivity index is 1.28. The second-order valence-corrected chi connectivity index (χ2v) is 13.8. The monoisotopic (exact) mass is 584 g/mol. The Morgan fingerprint density at radius 2 is 1.76 bits per heavy atom. The van der Waals surface area contributed by atoms with E-state index in [0.29, 0.717) is 19.3 Å². The van der Waals surface area contributed by atoms with Crippen molar-refractivity contribution in [1.82, 2.24) is 0 Å². The first kappa shape index (κ1) is 29.9. The highest BCUT2D eigenvalue weighted by Gasteiger charge is 2.75. The molecule has 4 aliphatic carbocycles. The summed E-state index contributed by atoms with van der Waals surface area (Å²) in [4.78, 5) is 11.8. The Labute approximate surface area is 238 Å². The molecule has 4 saturated carbocycles. The molecule has 0 bridgehead atoms. The van der Waals surface area contributed by atoms with Gasteiger partial charge in [0.15, 0.2) is 6.29 Å². The van der Waals surface area contributed by atoms with Crippen LogP contribution in [-0.2, 0) is 19.0 Å². The minimum atomic E-state index is -1.67. The first-order valence-corrected chi connectivity index (χ1v) is 14.9. The average Bonchev–Trinajstić information content (AvgIpc) is 3.45. The van der Waals surface area contributed by atoms with E-state index in [1.54, 1.807) is 0 Å². The summed E-state index contributed by atoms with van der Waals surface area (Å²) in [5, 5.41) is 89.6. The fraction of sp³-hybridized carbons (Fsp3) is 0.897. The molecule has 232 valence electrons. The molecule has 8 N–H and O–H groups in total. The van der Waals surface area contributed by atoms with Gasteiger partial charge < -0.3 is 55.1 Å². The van der Waals surface area contributed by atoms with E-state index in [9.17, 15) is 45.6 Å². The first-order chi connectivity index (χ1) is 19.2. The van der Waals surface area contributed by atoms with Gasteiger partial charge in [-0.1, -0.05) is 6.92 Å². The summed E-state index contributed by atoms with van der Waals surface area (Å²) in [6.45, 7) is 3.00. The van der Waals surface area contributed by atoms with Crippen LogP contribution in [0.5, 0.6) is 0 Å². The number of hydrogen-bond acceptors (Lipinski definition) is 12. The summed E-state index contributed by atoms with van der Waals surface area (Å²) >= 11 is 0. The predicted molar refractivity (Wildman–Crippen MR) is 139 cm³/mol. The second-order valence-electron chi connectivity index (χ2n) is 13.8. The van der Waals surface area contributed by atoms with E-state index < -0.39 is 95.5 Å². The van der Waals surface area contributed by atoms with Crippen LogP contribution in [0.1, 0.15) is 58.8 Å². The van der Waals surface area contributed by atoms with Gasteiger partial charge >= 0.3 is 5.97 Å². The third kappa shape index (κ3) is 3.99. The maximum absolute atomic E-state index is 12.4. The van der Waals surface area contributed by atoms with E-state index >= 15 is 0 Å². The van der Waals surface area contributed by atoms with E-state index in [0.717, 1.165) is 5.57 Å². The molecular formula is C29H44O12. The lowest BCUT2D eigenvalue weighted by Gasteiger charge is -2.68. The van der Waals surface area contributed by atoms with Crippen LogP contribution in [0.2, 0.25) is 0 Å². The molecule has 2 aliphatic heterocycles. The SMILES string of the molecule is C[C@@H]1O[C@@H](O[C@H]2C[C@@H](O)[C@]3(CO)[C@H]4[C@H](O)C[C@]5(C)[C@@H](C6=CC(=O)OC6)CCC5(O)[C@@H]4CC[C@]3(O)C2)[C@H](O)[C@H](O)[C@H]1O. The van der Waals surface area contributed by atoms with Crippen LogP contribution in [0.15, 0.2) is 11.6 Å². The maximum Gasteiger partial charge on any atom is 0.331 e. The standard InChI is InChI=1S/C29H44O12/c1-13-22(34)23(35)24(36)25(40-13)41-15-8-19(32)28(12-30)21-17(3-5-27(28,37)9-15)29(38)6-4-16(14-7-20(33)39-11-14)26(29,2)10-18(21)31/h7,13,15-19,21-25,30-32,34-38H,3-6,8-12H2,1-2H3/t13-,15-,16+,17+,18+,19+,21+,22-,23+,24+,25-,26+,27-,28+,29?/m0/s1. The van der Waals surface area contributed by atoms with Crippen molar-refractivity contribution in [3.8, 4) is 0 Å². The second kappa shape index (κ2) is 9.91. The van der Waals surface area contributed by atoms with Gasteiger partial charge in [0.2, 0.25) is 0 Å². The van der Waals surface area contributed by atoms with Gasteiger partial charge in [-0.25, -0.2) is 4.79 Å². The van der Waals surface area contributed by atoms with Gasteiger partial charge in [0.1, 0.15) is 24.9 Å². The van der Waals surface area contributed by atoms with E-state index in [-0.39, 0.29) is 38.2 Å². The van der Waals surface area contributed by atoms with Gasteiger partial charge in [-0.2, -0.15) is 0 Å². The molecule has 1 saturated heterocycles. The summed E-state index contributed by atoms with van der Waals surface area (Å²) in [6.07, 6.45) is -6.68. The van der Waals surface area contributed by atoms with E-state index in [1.807, 2.05) is 6.92 Å². The summed E-state index contributed by atoms with van der Waals surface area (Å²) in [5.74, 6) is -1.93. The van der Waals surface area contributed by atoms with Crippen molar-refractivity contribution in [2.75, 3.05) is 13.2 Å². The van der Waals surface area contributed by atoms with Crippen LogP contribution >= 0.6 is 0 Å². The van der Waals surface area contributed by atoms with Crippen LogP contribution in [-0.4, -0.2) is 120 Å². The fourth-order valence-corrected chi connectivity index (χ4v) is 10.1. The molecule has 0 aromatic carbocycles. The van der Waals surface area contributed by atoms with E-state index in [2.05, 4.69) is 0 Å². The third-order valence-electron chi connectivity index (χ3n) is 12.2. The quantitative estimate of drug-likeness (QED) is 0.140. The smallest absolute Gasteiger partial charge is 0.331 e. The minimum Gasteiger partial charge on any atom is -0.458 e. The van der Waals surface area contributed by atoms with Gasteiger partial charge in [0.05, 0.1) is 47.6 Å². The van der Waals surface area contributed by atoms with E-state index in [1.165, 1.54) is 13.0 Å². The molecular weight excluding hydrogens is 540 g/mol. The molecule has 0 radical (unpaired) electrons. The van der Waals surface area contributed by atoms with Crippen LogP contribution in [0, 0.1) is 28.6 Å². The number of ether oxygens (including phenoxy) is 3. The molecule has 0 aromatic rings. The molecule has 0 spiro atoms. The number of carbonyl (C=O) groups excluding carboxylic acids is 1. The molecule has 2 heterocycles. The van der Waals surface area contributed by atoms with Crippen LogP contribution in [0.25, 0.3) is 0 Å². The van der Waals surface area contributed by atoms with E-state index in [4.69, 9.17) is 14.2 Å².